The Labute approximate surface area is 179 Å². The fourth-order valence-electron chi connectivity index (χ4n) is 3.47. The van der Waals surface area contributed by atoms with Crippen LogP contribution in [0.4, 0.5) is 17.1 Å². The molecule has 1 heteroatoms. The molecule has 0 aromatic heterocycles. The maximum Gasteiger partial charge on any atom is 0.0467 e. The van der Waals surface area contributed by atoms with Gasteiger partial charge in [-0.2, -0.15) is 0 Å². The Bertz CT molecular complexity index is 1090. The Kier molecular flexibility index (Phi) is 5.81. The van der Waals surface area contributed by atoms with Gasteiger partial charge in [-0.3, -0.25) is 0 Å². The first-order valence-corrected chi connectivity index (χ1v) is 10.4. The van der Waals surface area contributed by atoms with Gasteiger partial charge in [0.25, 0.3) is 0 Å². The molecule has 0 bridgehead atoms. The zero-order valence-corrected chi connectivity index (χ0v) is 17.8. The number of hydrogen-bond acceptors (Lipinski definition) is 1. The lowest BCUT2D eigenvalue weighted by Gasteiger charge is -2.26. The largest absolute Gasteiger partial charge is 0.310 e. The van der Waals surface area contributed by atoms with Crippen molar-refractivity contribution in [2.24, 2.45) is 0 Å². The van der Waals surface area contributed by atoms with Crippen LogP contribution in [0.15, 0.2) is 97.1 Å². The Balaban J connectivity index is 1.71. The van der Waals surface area contributed by atoms with Gasteiger partial charge < -0.3 is 4.90 Å². The summed E-state index contributed by atoms with van der Waals surface area (Å²) in [7, 11) is 0. The topological polar surface area (TPSA) is 3.24 Å². The van der Waals surface area contributed by atoms with Crippen molar-refractivity contribution in [1.82, 2.24) is 0 Å². The SMILES string of the molecule is Cc1ccc(/C=C/c2cccc(N(c3ccc(C)cc3)c3ccc(C)cc3)c2)cc1. The Hall–Kier alpha value is -3.58. The highest BCUT2D eigenvalue weighted by Crippen LogP contribution is 2.35. The van der Waals surface area contributed by atoms with E-state index < -0.39 is 0 Å². The highest BCUT2D eigenvalue weighted by atomic mass is 15.1. The molecule has 0 N–H and O–H groups in total. The van der Waals surface area contributed by atoms with Gasteiger partial charge in [0.05, 0.1) is 0 Å². The van der Waals surface area contributed by atoms with Crippen LogP contribution in [-0.2, 0) is 0 Å². The van der Waals surface area contributed by atoms with Crippen LogP contribution in [0.1, 0.15) is 27.8 Å². The number of hydrogen-bond donors (Lipinski definition) is 0. The van der Waals surface area contributed by atoms with Crippen molar-refractivity contribution < 1.29 is 0 Å². The van der Waals surface area contributed by atoms with Crippen molar-refractivity contribution in [3.8, 4) is 0 Å². The van der Waals surface area contributed by atoms with Crippen LogP contribution in [0.3, 0.4) is 0 Å². The molecule has 0 amide bonds. The van der Waals surface area contributed by atoms with E-state index in [2.05, 4.69) is 135 Å². The van der Waals surface area contributed by atoms with Crippen LogP contribution in [0.2, 0.25) is 0 Å². The summed E-state index contributed by atoms with van der Waals surface area (Å²) < 4.78 is 0. The molecular weight excluding hydrogens is 362 g/mol. The summed E-state index contributed by atoms with van der Waals surface area (Å²) in [5.41, 5.74) is 9.65. The molecule has 4 aromatic rings. The smallest absolute Gasteiger partial charge is 0.0467 e. The highest BCUT2D eigenvalue weighted by molar-refractivity contribution is 5.79. The maximum atomic E-state index is 2.31. The van der Waals surface area contributed by atoms with E-state index in [4.69, 9.17) is 0 Å². The standard InChI is InChI=1S/C29H27N/c1-22-7-13-25(14-8-22)15-16-26-5-4-6-29(21-26)30(27-17-9-23(2)10-18-27)28-19-11-24(3)12-20-28/h4-21H,1-3H3/b16-15+. The Morgan fingerprint density at radius 1 is 0.467 bits per heavy atom. The molecule has 4 aromatic carbocycles. The van der Waals surface area contributed by atoms with Crippen molar-refractivity contribution in [2.45, 2.75) is 20.8 Å². The van der Waals surface area contributed by atoms with Gasteiger partial charge in [-0.15, -0.1) is 0 Å². The highest BCUT2D eigenvalue weighted by Gasteiger charge is 2.12. The zero-order valence-electron chi connectivity index (χ0n) is 17.8. The zero-order chi connectivity index (χ0) is 20.9. The summed E-state index contributed by atoms with van der Waals surface area (Å²) in [5.74, 6) is 0. The fraction of sp³-hybridized carbons (Fsp3) is 0.103. The summed E-state index contributed by atoms with van der Waals surface area (Å²) in [5, 5.41) is 0. The van der Waals surface area contributed by atoms with Crippen molar-refractivity contribution in [3.05, 3.63) is 125 Å². The predicted octanol–water partition coefficient (Wildman–Crippen LogP) is 8.25. The van der Waals surface area contributed by atoms with Gasteiger partial charge in [0.2, 0.25) is 0 Å². The molecule has 0 unspecified atom stereocenters. The van der Waals surface area contributed by atoms with E-state index in [1.807, 2.05) is 0 Å². The number of aryl methyl sites for hydroxylation is 3. The van der Waals surface area contributed by atoms with Gasteiger partial charge in [-0.05, 0) is 68.3 Å². The molecule has 0 aliphatic rings. The van der Waals surface area contributed by atoms with E-state index in [0.29, 0.717) is 0 Å². The van der Waals surface area contributed by atoms with Gasteiger partial charge in [-0.25, -0.2) is 0 Å². The number of benzene rings is 4. The lowest BCUT2D eigenvalue weighted by atomic mass is 10.1. The molecule has 0 atom stereocenters. The van der Waals surface area contributed by atoms with E-state index in [0.717, 1.165) is 17.1 Å². The second-order valence-electron chi connectivity index (χ2n) is 7.85. The number of anilines is 3. The predicted molar refractivity (Wildman–Crippen MR) is 131 cm³/mol. The van der Waals surface area contributed by atoms with Crippen molar-refractivity contribution >= 4 is 29.2 Å². The van der Waals surface area contributed by atoms with Crippen molar-refractivity contribution in [3.63, 3.8) is 0 Å². The molecule has 0 fully saturated rings. The summed E-state index contributed by atoms with van der Waals surface area (Å²) in [6.07, 6.45) is 4.34. The first-order chi connectivity index (χ1) is 14.6. The molecule has 0 radical (unpaired) electrons. The minimum Gasteiger partial charge on any atom is -0.310 e. The molecule has 0 saturated carbocycles. The van der Waals surface area contributed by atoms with E-state index >= 15 is 0 Å². The Morgan fingerprint density at radius 3 is 1.47 bits per heavy atom. The summed E-state index contributed by atoms with van der Waals surface area (Å²) in [6, 6.07) is 34.7. The van der Waals surface area contributed by atoms with Crippen LogP contribution in [0.25, 0.3) is 12.2 Å². The van der Waals surface area contributed by atoms with Crippen LogP contribution < -0.4 is 4.90 Å². The first kappa shape index (κ1) is 19.7. The average molecular weight is 390 g/mol. The second kappa shape index (κ2) is 8.84. The average Bonchev–Trinajstić information content (AvgIpc) is 2.77. The molecular formula is C29H27N. The summed E-state index contributed by atoms with van der Waals surface area (Å²) in [6.45, 7) is 6.36. The number of nitrogens with zero attached hydrogens (tertiary/aromatic N) is 1. The van der Waals surface area contributed by atoms with Gasteiger partial charge in [-0.1, -0.05) is 89.5 Å². The van der Waals surface area contributed by atoms with E-state index in [1.54, 1.807) is 0 Å². The van der Waals surface area contributed by atoms with Crippen LogP contribution >= 0.6 is 0 Å². The second-order valence-corrected chi connectivity index (χ2v) is 7.85. The molecule has 0 aliphatic carbocycles. The molecule has 148 valence electrons. The van der Waals surface area contributed by atoms with Gasteiger partial charge in [0, 0.05) is 17.1 Å². The summed E-state index contributed by atoms with van der Waals surface area (Å²) in [4.78, 5) is 2.31. The molecule has 4 rings (SSSR count). The van der Waals surface area contributed by atoms with Crippen LogP contribution in [0, 0.1) is 20.8 Å². The van der Waals surface area contributed by atoms with E-state index in [-0.39, 0.29) is 0 Å². The normalized spacial score (nSPS) is 11.0. The Morgan fingerprint density at radius 2 is 0.933 bits per heavy atom. The monoisotopic (exact) mass is 389 g/mol. The molecule has 0 heterocycles. The minimum absolute atomic E-state index is 1.15. The van der Waals surface area contributed by atoms with E-state index in [1.165, 1.54) is 27.8 Å². The molecule has 0 spiro atoms. The van der Waals surface area contributed by atoms with Crippen LogP contribution in [-0.4, -0.2) is 0 Å². The third kappa shape index (κ3) is 4.69. The molecule has 0 saturated heterocycles. The molecule has 0 aliphatic heterocycles. The van der Waals surface area contributed by atoms with Gasteiger partial charge in [0.15, 0.2) is 0 Å². The van der Waals surface area contributed by atoms with Crippen LogP contribution in [0.5, 0.6) is 0 Å². The maximum absolute atomic E-state index is 2.31. The lowest BCUT2D eigenvalue weighted by Crippen LogP contribution is -2.10. The quantitative estimate of drug-likeness (QED) is 0.311. The van der Waals surface area contributed by atoms with Crippen molar-refractivity contribution in [2.75, 3.05) is 4.90 Å². The number of rotatable bonds is 5. The van der Waals surface area contributed by atoms with Gasteiger partial charge in [0.1, 0.15) is 0 Å². The third-order valence-electron chi connectivity index (χ3n) is 5.26. The molecule has 30 heavy (non-hydrogen) atoms. The third-order valence-corrected chi connectivity index (χ3v) is 5.26. The summed E-state index contributed by atoms with van der Waals surface area (Å²) >= 11 is 0. The first-order valence-electron chi connectivity index (χ1n) is 10.4. The van der Waals surface area contributed by atoms with Crippen molar-refractivity contribution in [1.29, 1.82) is 0 Å². The lowest BCUT2D eigenvalue weighted by molar-refractivity contribution is 1.27. The molecule has 1 nitrogen and oxygen atoms in total. The van der Waals surface area contributed by atoms with E-state index in [9.17, 15) is 0 Å². The van der Waals surface area contributed by atoms with Gasteiger partial charge >= 0.3 is 0 Å². The fourth-order valence-corrected chi connectivity index (χ4v) is 3.47. The minimum atomic E-state index is 1.15.